The third-order valence-electron chi connectivity index (χ3n) is 3.40. The van der Waals surface area contributed by atoms with Crippen molar-refractivity contribution in [2.45, 2.75) is 13.5 Å². The van der Waals surface area contributed by atoms with Gasteiger partial charge in [-0.1, -0.05) is 12.1 Å². The first-order valence-corrected chi connectivity index (χ1v) is 7.78. The van der Waals surface area contributed by atoms with Crippen LogP contribution in [0.25, 0.3) is 10.9 Å². The van der Waals surface area contributed by atoms with Crippen LogP contribution in [0, 0.1) is 0 Å². The van der Waals surface area contributed by atoms with Crippen LogP contribution in [0.3, 0.4) is 0 Å². The number of carboxylic acid groups (broad SMARTS) is 1. The maximum Gasteiger partial charge on any atom is 0.300 e. The molecule has 0 spiro atoms. The molecular weight excluding hydrogens is 334 g/mol. The van der Waals surface area contributed by atoms with Gasteiger partial charge in [0.2, 0.25) is 5.95 Å². The molecule has 3 aromatic rings. The summed E-state index contributed by atoms with van der Waals surface area (Å²) in [5, 5.41) is 11.6. The minimum Gasteiger partial charge on any atom is -0.497 e. The van der Waals surface area contributed by atoms with E-state index < -0.39 is 5.97 Å². The highest BCUT2D eigenvalue weighted by Gasteiger charge is 2.04. The summed E-state index contributed by atoms with van der Waals surface area (Å²) in [4.78, 5) is 17.1. The van der Waals surface area contributed by atoms with E-state index in [1.807, 2.05) is 42.5 Å². The van der Waals surface area contributed by atoms with Gasteiger partial charge in [0.25, 0.3) is 5.97 Å². The zero-order chi connectivity index (χ0) is 19.1. The average Bonchev–Trinajstić information content (AvgIpc) is 2.60. The van der Waals surface area contributed by atoms with Gasteiger partial charge in [0.05, 0.1) is 12.6 Å². The Hall–Kier alpha value is -3.55. The molecular formula is C18H21N5O3. The molecule has 0 aliphatic carbocycles. The zero-order valence-corrected chi connectivity index (χ0v) is 14.6. The summed E-state index contributed by atoms with van der Waals surface area (Å²) >= 11 is 0. The van der Waals surface area contributed by atoms with Crippen molar-refractivity contribution in [3.05, 3.63) is 48.0 Å². The molecule has 1 heterocycles. The van der Waals surface area contributed by atoms with Crippen LogP contribution in [0.15, 0.2) is 42.5 Å². The lowest BCUT2D eigenvalue weighted by Gasteiger charge is -2.09. The summed E-state index contributed by atoms with van der Waals surface area (Å²) in [7, 11) is 1.65. The lowest BCUT2D eigenvalue weighted by atomic mass is 10.2. The van der Waals surface area contributed by atoms with Gasteiger partial charge in [-0.05, 0) is 35.9 Å². The van der Waals surface area contributed by atoms with Crippen LogP contribution in [0.5, 0.6) is 5.75 Å². The first kappa shape index (κ1) is 18.8. The Balaban J connectivity index is 0.000000552. The molecule has 136 valence electrons. The van der Waals surface area contributed by atoms with Crippen molar-refractivity contribution < 1.29 is 14.6 Å². The quantitative estimate of drug-likeness (QED) is 0.560. The molecule has 0 radical (unpaired) electrons. The normalized spacial score (nSPS) is 9.92. The van der Waals surface area contributed by atoms with E-state index in [2.05, 4.69) is 15.3 Å². The molecule has 0 saturated heterocycles. The zero-order valence-electron chi connectivity index (χ0n) is 14.6. The van der Waals surface area contributed by atoms with E-state index in [0.717, 1.165) is 34.8 Å². The molecule has 0 saturated carbocycles. The van der Waals surface area contributed by atoms with E-state index in [-0.39, 0.29) is 5.95 Å². The van der Waals surface area contributed by atoms with Crippen molar-refractivity contribution in [3.63, 3.8) is 0 Å². The van der Waals surface area contributed by atoms with Crippen LogP contribution in [-0.2, 0) is 11.3 Å². The van der Waals surface area contributed by atoms with Gasteiger partial charge in [0.1, 0.15) is 11.6 Å². The van der Waals surface area contributed by atoms with Gasteiger partial charge in [-0.15, -0.1) is 0 Å². The number of nitrogen functional groups attached to an aromatic ring is 2. The summed E-state index contributed by atoms with van der Waals surface area (Å²) in [6.07, 6.45) is 0. The second-order valence-electron chi connectivity index (χ2n) is 5.42. The Labute approximate surface area is 150 Å². The molecule has 0 bridgehead atoms. The van der Waals surface area contributed by atoms with E-state index in [1.165, 1.54) is 0 Å². The number of fused-ring (bicyclic) bond motifs is 1. The summed E-state index contributed by atoms with van der Waals surface area (Å²) in [5.74, 6) is 0.580. The molecule has 2 aromatic carbocycles. The lowest BCUT2D eigenvalue weighted by molar-refractivity contribution is -0.134. The highest BCUT2D eigenvalue weighted by Crippen LogP contribution is 2.23. The number of ether oxygens (including phenoxy) is 1. The summed E-state index contributed by atoms with van der Waals surface area (Å²) in [6, 6.07) is 13.7. The standard InChI is InChI=1S/C16H17N5O.C2H4O2/c1-22-12-5-2-10(3-6-12)9-19-11-4-7-14-13(8-11)15(17)21-16(18)20-14;1-2(3)4/h2-8,19H,9H2,1H3,(H4,17,18,20,21);1H3,(H,3,4). The minimum atomic E-state index is -0.833. The summed E-state index contributed by atoms with van der Waals surface area (Å²) in [5.41, 5.74) is 14.3. The number of carbonyl (C=O) groups is 1. The first-order chi connectivity index (χ1) is 12.4. The van der Waals surface area contributed by atoms with Gasteiger partial charge < -0.3 is 26.6 Å². The van der Waals surface area contributed by atoms with Crippen molar-refractivity contribution >= 4 is 34.3 Å². The van der Waals surface area contributed by atoms with Crippen molar-refractivity contribution in [2.75, 3.05) is 23.9 Å². The number of hydrogen-bond donors (Lipinski definition) is 4. The molecule has 6 N–H and O–H groups in total. The third-order valence-corrected chi connectivity index (χ3v) is 3.40. The van der Waals surface area contributed by atoms with E-state index in [0.29, 0.717) is 12.4 Å². The molecule has 0 fully saturated rings. The monoisotopic (exact) mass is 355 g/mol. The second-order valence-corrected chi connectivity index (χ2v) is 5.42. The number of nitrogens with zero attached hydrogens (tertiary/aromatic N) is 2. The van der Waals surface area contributed by atoms with Gasteiger partial charge in [-0.2, -0.15) is 4.98 Å². The van der Waals surface area contributed by atoms with Crippen molar-refractivity contribution in [1.82, 2.24) is 9.97 Å². The highest BCUT2D eigenvalue weighted by atomic mass is 16.5. The number of aromatic nitrogens is 2. The number of aliphatic carboxylic acids is 1. The van der Waals surface area contributed by atoms with Crippen LogP contribution < -0.4 is 21.5 Å². The van der Waals surface area contributed by atoms with E-state index in [4.69, 9.17) is 26.1 Å². The van der Waals surface area contributed by atoms with Gasteiger partial charge >= 0.3 is 0 Å². The number of nitrogens with one attached hydrogen (secondary N) is 1. The molecule has 0 aliphatic rings. The molecule has 26 heavy (non-hydrogen) atoms. The Morgan fingerprint density at radius 1 is 1.15 bits per heavy atom. The van der Waals surface area contributed by atoms with Gasteiger partial charge in [0.15, 0.2) is 0 Å². The summed E-state index contributed by atoms with van der Waals surface area (Å²) < 4.78 is 5.14. The van der Waals surface area contributed by atoms with E-state index in [1.54, 1.807) is 7.11 Å². The molecule has 8 heteroatoms. The predicted molar refractivity (Wildman–Crippen MR) is 102 cm³/mol. The molecule has 3 rings (SSSR count). The number of nitrogens with two attached hydrogens (primary N) is 2. The second kappa shape index (κ2) is 8.52. The molecule has 0 aliphatic heterocycles. The van der Waals surface area contributed by atoms with E-state index in [9.17, 15) is 0 Å². The fraction of sp³-hybridized carbons (Fsp3) is 0.167. The highest BCUT2D eigenvalue weighted by molar-refractivity contribution is 5.91. The Morgan fingerprint density at radius 3 is 2.42 bits per heavy atom. The van der Waals surface area contributed by atoms with Crippen molar-refractivity contribution in [3.8, 4) is 5.75 Å². The minimum absolute atomic E-state index is 0.184. The Bertz CT molecular complexity index is 893. The maximum atomic E-state index is 9.00. The average molecular weight is 355 g/mol. The van der Waals surface area contributed by atoms with Crippen LogP contribution in [0.4, 0.5) is 17.5 Å². The van der Waals surface area contributed by atoms with Gasteiger partial charge in [-0.25, -0.2) is 4.98 Å². The number of methoxy groups -OCH3 is 1. The SMILES string of the molecule is CC(=O)O.COc1ccc(CNc2ccc3nc(N)nc(N)c3c2)cc1. The molecule has 0 amide bonds. The number of benzene rings is 2. The van der Waals surface area contributed by atoms with Crippen LogP contribution >= 0.6 is 0 Å². The molecule has 0 atom stereocenters. The van der Waals surface area contributed by atoms with E-state index >= 15 is 0 Å². The largest absolute Gasteiger partial charge is 0.497 e. The number of carboxylic acids is 1. The van der Waals surface area contributed by atoms with Crippen molar-refractivity contribution in [1.29, 1.82) is 0 Å². The molecule has 1 aromatic heterocycles. The Morgan fingerprint density at radius 2 is 1.81 bits per heavy atom. The van der Waals surface area contributed by atoms with Crippen LogP contribution in [-0.4, -0.2) is 28.2 Å². The van der Waals surface area contributed by atoms with Crippen LogP contribution in [0.2, 0.25) is 0 Å². The number of rotatable bonds is 4. The fourth-order valence-electron chi connectivity index (χ4n) is 2.23. The molecule has 0 unspecified atom stereocenters. The smallest absolute Gasteiger partial charge is 0.300 e. The first-order valence-electron chi connectivity index (χ1n) is 7.78. The Kier molecular flexibility index (Phi) is 6.15. The lowest BCUT2D eigenvalue weighted by Crippen LogP contribution is -2.02. The summed E-state index contributed by atoms with van der Waals surface area (Å²) in [6.45, 7) is 1.78. The maximum absolute atomic E-state index is 9.00. The molecule has 8 nitrogen and oxygen atoms in total. The number of hydrogen-bond acceptors (Lipinski definition) is 7. The van der Waals surface area contributed by atoms with Crippen LogP contribution in [0.1, 0.15) is 12.5 Å². The van der Waals surface area contributed by atoms with Crippen molar-refractivity contribution in [2.24, 2.45) is 0 Å². The topological polar surface area (TPSA) is 136 Å². The fourth-order valence-corrected chi connectivity index (χ4v) is 2.23. The predicted octanol–water partition coefficient (Wildman–Crippen LogP) is 2.51. The van der Waals surface area contributed by atoms with Gasteiger partial charge in [0, 0.05) is 24.5 Å². The third kappa shape index (κ3) is 5.23. The number of anilines is 3. The van der Waals surface area contributed by atoms with Gasteiger partial charge in [-0.3, -0.25) is 4.79 Å².